The molecule has 1 fully saturated rings. The minimum absolute atomic E-state index is 0.00916. The van der Waals surface area contributed by atoms with Crippen LogP contribution < -0.4 is 5.32 Å². The van der Waals surface area contributed by atoms with Crippen LogP contribution in [-0.4, -0.2) is 71.2 Å². The van der Waals surface area contributed by atoms with Crippen molar-refractivity contribution >= 4 is 56.6 Å². The van der Waals surface area contributed by atoms with Crippen molar-refractivity contribution in [2.24, 2.45) is 0 Å². The third kappa shape index (κ3) is 4.72. The van der Waals surface area contributed by atoms with Gasteiger partial charge in [-0.2, -0.15) is 5.10 Å². The molecule has 0 radical (unpaired) electrons. The topological polar surface area (TPSA) is 70.5 Å². The number of nitrogens with zero attached hydrogens (tertiary/aromatic N) is 4. The van der Waals surface area contributed by atoms with E-state index in [0.717, 1.165) is 21.5 Å². The van der Waals surface area contributed by atoms with E-state index in [9.17, 15) is 9.59 Å². The average Bonchev–Trinajstić information content (AvgIpc) is 3.31. The summed E-state index contributed by atoms with van der Waals surface area (Å²) in [6.07, 6.45) is 0. The molecule has 164 valence electrons. The lowest BCUT2D eigenvalue weighted by Gasteiger charge is -2.34. The zero-order chi connectivity index (χ0) is 22.1. The number of hydrogen-bond donors (Lipinski definition) is 1. The van der Waals surface area contributed by atoms with Gasteiger partial charge >= 0.3 is 0 Å². The first kappa shape index (κ1) is 22.1. The van der Waals surface area contributed by atoms with Crippen molar-refractivity contribution in [1.29, 1.82) is 0 Å². The number of hydrogen-bond acceptors (Lipinski definition) is 5. The Kier molecular flexibility index (Phi) is 6.52. The molecule has 10 heteroatoms. The maximum atomic E-state index is 13.1. The summed E-state index contributed by atoms with van der Waals surface area (Å²) in [5.41, 5.74) is 1.80. The summed E-state index contributed by atoms with van der Waals surface area (Å²) >= 11 is 13.8. The molecule has 2 aromatic heterocycles. The molecule has 31 heavy (non-hydrogen) atoms. The molecule has 1 aromatic carbocycles. The largest absolute Gasteiger partial charge is 0.358 e. The average molecular weight is 480 g/mol. The number of carbonyl (C=O) groups excluding carboxylic acids is 2. The summed E-state index contributed by atoms with van der Waals surface area (Å²) in [5, 5.41) is 9.44. The van der Waals surface area contributed by atoms with Gasteiger partial charge in [-0.15, -0.1) is 11.3 Å². The standard InChI is InChI=1S/C21H23Cl2N5O2S/c1-13-16-10-18(20(30)27-7-5-26(6-8-27)12-19(29)24-2)31-21(16)28(25-13)11-14-3-4-15(22)9-17(14)23/h3-4,9-10H,5-8,11-12H2,1-2H3,(H,24,29). The number of amides is 2. The Morgan fingerprint density at radius 2 is 1.90 bits per heavy atom. The van der Waals surface area contributed by atoms with Gasteiger partial charge in [0, 0.05) is 48.7 Å². The number of benzene rings is 1. The second-order valence-corrected chi connectivity index (χ2v) is 9.42. The van der Waals surface area contributed by atoms with Crippen molar-refractivity contribution in [3.8, 4) is 0 Å². The van der Waals surface area contributed by atoms with Crippen LogP contribution in [0, 0.1) is 6.92 Å². The number of carbonyl (C=O) groups is 2. The Morgan fingerprint density at radius 1 is 1.16 bits per heavy atom. The minimum Gasteiger partial charge on any atom is -0.358 e. The molecule has 0 atom stereocenters. The van der Waals surface area contributed by atoms with E-state index in [0.29, 0.717) is 54.2 Å². The summed E-state index contributed by atoms with van der Waals surface area (Å²) in [5.74, 6) is 0.0152. The van der Waals surface area contributed by atoms with Crippen LogP contribution in [0.5, 0.6) is 0 Å². The maximum absolute atomic E-state index is 13.1. The van der Waals surface area contributed by atoms with Crippen LogP contribution in [0.4, 0.5) is 0 Å². The van der Waals surface area contributed by atoms with Crippen molar-refractivity contribution in [1.82, 2.24) is 24.9 Å². The third-order valence-corrected chi connectivity index (χ3v) is 7.18. The number of rotatable bonds is 5. The summed E-state index contributed by atoms with van der Waals surface area (Å²) < 4.78 is 1.89. The van der Waals surface area contributed by atoms with Gasteiger partial charge in [-0.1, -0.05) is 29.3 Å². The van der Waals surface area contributed by atoms with E-state index in [1.807, 2.05) is 34.7 Å². The van der Waals surface area contributed by atoms with Gasteiger partial charge in [0.05, 0.1) is 23.7 Å². The van der Waals surface area contributed by atoms with Crippen molar-refractivity contribution < 1.29 is 9.59 Å². The van der Waals surface area contributed by atoms with Crippen LogP contribution in [0.3, 0.4) is 0 Å². The lowest BCUT2D eigenvalue weighted by Crippen LogP contribution is -2.50. The molecule has 1 saturated heterocycles. The number of likely N-dealkylation sites (N-methyl/N-ethyl adjacent to an activating group) is 1. The first-order valence-corrected chi connectivity index (χ1v) is 11.6. The Morgan fingerprint density at radius 3 is 2.58 bits per heavy atom. The normalized spacial score (nSPS) is 14.9. The molecule has 0 bridgehead atoms. The molecule has 0 unspecified atom stereocenters. The van der Waals surface area contributed by atoms with Gasteiger partial charge in [0.15, 0.2) is 0 Å². The van der Waals surface area contributed by atoms with Gasteiger partial charge in [-0.3, -0.25) is 19.2 Å². The lowest BCUT2D eigenvalue weighted by molar-refractivity contribution is -0.122. The number of fused-ring (bicyclic) bond motifs is 1. The second kappa shape index (κ2) is 9.16. The maximum Gasteiger partial charge on any atom is 0.264 e. The predicted molar refractivity (Wildman–Crippen MR) is 124 cm³/mol. The Hall–Kier alpha value is -2.13. The van der Waals surface area contributed by atoms with Crippen molar-refractivity contribution in [3.05, 3.63) is 50.4 Å². The van der Waals surface area contributed by atoms with Gasteiger partial charge in [-0.25, -0.2) is 0 Å². The van der Waals surface area contributed by atoms with Crippen LogP contribution in [0.1, 0.15) is 20.9 Å². The summed E-state index contributed by atoms with van der Waals surface area (Å²) in [4.78, 5) is 30.2. The van der Waals surface area contributed by atoms with E-state index in [-0.39, 0.29) is 11.8 Å². The summed E-state index contributed by atoms with van der Waals surface area (Å²) in [6, 6.07) is 7.36. The van der Waals surface area contributed by atoms with Crippen molar-refractivity contribution in [2.75, 3.05) is 39.8 Å². The Labute approximate surface area is 194 Å². The van der Waals surface area contributed by atoms with E-state index in [1.165, 1.54) is 11.3 Å². The molecule has 0 spiro atoms. The van der Waals surface area contributed by atoms with Crippen LogP contribution in [-0.2, 0) is 11.3 Å². The van der Waals surface area contributed by atoms with Crippen molar-refractivity contribution in [3.63, 3.8) is 0 Å². The fraction of sp³-hybridized carbons (Fsp3) is 0.381. The molecule has 1 aliphatic heterocycles. The fourth-order valence-electron chi connectivity index (χ4n) is 3.68. The molecule has 0 aliphatic carbocycles. The van der Waals surface area contributed by atoms with E-state index in [1.54, 1.807) is 13.1 Å². The smallest absolute Gasteiger partial charge is 0.264 e. The molecular weight excluding hydrogens is 457 g/mol. The zero-order valence-electron chi connectivity index (χ0n) is 17.3. The Balaban J connectivity index is 1.50. The number of halogens is 2. The van der Waals surface area contributed by atoms with Crippen LogP contribution in [0.2, 0.25) is 10.0 Å². The highest BCUT2D eigenvalue weighted by Gasteiger charge is 2.25. The molecule has 0 saturated carbocycles. The second-order valence-electron chi connectivity index (χ2n) is 7.55. The van der Waals surface area contributed by atoms with Crippen LogP contribution in [0.15, 0.2) is 24.3 Å². The van der Waals surface area contributed by atoms with Gasteiger partial charge in [0.25, 0.3) is 5.91 Å². The molecule has 3 heterocycles. The van der Waals surface area contributed by atoms with E-state index in [4.69, 9.17) is 23.2 Å². The molecule has 1 N–H and O–H groups in total. The summed E-state index contributed by atoms with van der Waals surface area (Å²) in [7, 11) is 1.63. The number of aromatic nitrogens is 2. The molecular formula is C21H23Cl2N5O2S. The first-order chi connectivity index (χ1) is 14.9. The molecule has 1 aliphatic rings. The predicted octanol–water partition coefficient (Wildman–Crippen LogP) is 3.27. The van der Waals surface area contributed by atoms with Gasteiger partial charge in [0.1, 0.15) is 4.83 Å². The highest BCUT2D eigenvalue weighted by atomic mass is 35.5. The highest BCUT2D eigenvalue weighted by molar-refractivity contribution is 7.20. The monoisotopic (exact) mass is 479 g/mol. The number of nitrogens with one attached hydrogen (secondary N) is 1. The number of piperazine rings is 1. The van der Waals surface area contributed by atoms with Crippen molar-refractivity contribution in [2.45, 2.75) is 13.5 Å². The molecule has 3 aromatic rings. The zero-order valence-corrected chi connectivity index (χ0v) is 19.6. The van der Waals surface area contributed by atoms with Gasteiger partial charge in [-0.05, 0) is 30.7 Å². The lowest BCUT2D eigenvalue weighted by atomic mass is 10.2. The highest BCUT2D eigenvalue weighted by Crippen LogP contribution is 2.31. The van der Waals surface area contributed by atoms with Gasteiger partial charge in [0.2, 0.25) is 5.91 Å². The Bertz CT molecular complexity index is 1130. The first-order valence-electron chi connectivity index (χ1n) is 9.99. The minimum atomic E-state index is -0.00916. The third-order valence-electron chi connectivity index (χ3n) is 5.46. The SMILES string of the molecule is CNC(=O)CN1CCN(C(=O)c2cc3c(C)nn(Cc4ccc(Cl)cc4Cl)c3s2)CC1. The molecule has 2 amide bonds. The van der Waals surface area contributed by atoms with Crippen LogP contribution in [0.25, 0.3) is 10.2 Å². The van der Waals surface area contributed by atoms with E-state index < -0.39 is 0 Å². The van der Waals surface area contributed by atoms with E-state index in [2.05, 4.69) is 15.3 Å². The molecule has 7 nitrogen and oxygen atoms in total. The number of thiophene rings is 1. The fourth-order valence-corrected chi connectivity index (χ4v) is 5.28. The summed E-state index contributed by atoms with van der Waals surface area (Å²) in [6.45, 7) is 5.40. The van der Waals surface area contributed by atoms with Gasteiger partial charge < -0.3 is 10.2 Å². The van der Waals surface area contributed by atoms with Crippen LogP contribution >= 0.6 is 34.5 Å². The van der Waals surface area contributed by atoms with E-state index >= 15 is 0 Å². The number of aryl methyl sites for hydroxylation is 1. The molecule has 4 rings (SSSR count). The quantitative estimate of drug-likeness (QED) is 0.609.